The largest absolute Gasteiger partial charge is 0.619 e. The molecular formula is C16H18FN5O2. The Morgan fingerprint density at radius 2 is 2.38 bits per heavy atom. The highest BCUT2D eigenvalue weighted by Gasteiger charge is 2.50. The summed E-state index contributed by atoms with van der Waals surface area (Å²) in [6.07, 6.45) is 5.89. The van der Waals surface area contributed by atoms with Crippen LogP contribution >= 0.6 is 0 Å². The summed E-state index contributed by atoms with van der Waals surface area (Å²) in [7, 11) is 0. The predicted octanol–water partition coefficient (Wildman–Crippen LogP) is 1.04. The van der Waals surface area contributed by atoms with Gasteiger partial charge < -0.3 is 10.5 Å². The van der Waals surface area contributed by atoms with E-state index >= 15 is 0 Å². The second kappa shape index (κ2) is 4.99. The maximum absolute atomic E-state index is 13.0. The average molecular weight is 331 g/mol. The van der Waals surface area contributed by atoms with Crippen LogP contribution in [-0.2, 0) is 6.42 Å². The monoisotopic (exact) mass is 331 g/mol. The van der Waals surface area contributed by atoms with Gasteiger partial charge in [-0.3, -0.25) is 4.79 Å². The van der Waals surface area contributed by atoms with E-state index < -0.39 is 12.2 Å². The smallest absolute Gasteiger partial charge is 0.272 e. The van der Waals surface area contributed by atoms with Gasteiger partial charge in [-0.25, -0.2) is 14.1 Å². The molecule has 2 aromatic heterocycles. The number of halogens is 1. The van der Waals surface area contributed by atoms with Crippen molar-refractivity contribution in [3.8, 4) is 5.82 Å². The van der Waals surface area contributed by atoms with Gasteiger partial charge in [0.05, 0.1) is 17.4 Å². The van der Waals surface area contributed by atoms with E-state index in [2.05, 4.69) is 15.4 Å². The van der Waals surface area contributed by atoms with Crippen molar-refractivity contribution < 1.29 is 13.9 Å². The first kappa shape index (κ1) is 15.0. The zero-order valence-electron chi connectivity index (χ0n) is 13.5. The number of fused-ring (bicyclic) bond motifs is 3. The van der Waals surface area contributed by atoms with Crippen molar-refractivity contribution in [3.05, 3.63) is 40.7 Å². The maximum Gasteiger partial charge on any atom is 0.272 e. The zero-order valence-corrected chi connectivity index (χ0v) is 13.5. The van der Waals surface area contributed by atoms with Gasteiger partial charge in [-0.05, 0) is 32.6 Å². The van der Waals surface area contributed by atoms with Gasteiger partial charge in [0.2, 0.25) is 12.0 Å². The second-order valence-corrected chi connectivity index (χ2v) is 7.18. The summed E-state index contributed by atoms with van der Waals surface area (Å²) >= 11 is 0. The number of nitrogens with zero attached hydrogens (tertiary/aromatic N) is 4. The molecule has 1 saturated carbocycles. The molecule has 0 aromatic carbocycles. The molecule has 1 N–H and O–H groups in total. The highest BCUT2D eigenvalue weighted by molar-refractivity contribution is 5.95. The Morgan fingerprint density at radius 3 is 3.08 bits per heavy atom. The Hall–Kier alpha value is -2.51. The number of aromatic nitrogens is 4. The van der Waals surface area contributed by atoms with Crippen molar-refractivity contribution in [2.45, 2.75) is 38.1 Å². The fourth-order valence-electron chi connectivity index (χ4n) is 3.35. The van der Waals surface area contributed by atoms with Crippen LogP contribution in [0.5, 0.6) is 0 Å². The van der Waals surface area contributed by atoms with E-state index in [0.717, 1.165) is 24.1 Å². The fourth-order valence-corrected chi connectivity index (χ4v) is 3.35. The topological polar surface area (TPSA) is 86.8 Å². The van der Waals surface area contributed by atoms with Crippen LogP contribution in [-0.4, -0.2) is 32.9 Å². The molecule has 0 bridgehead atoms. The van der Waals surface area contributed by atoms with Gasteiger partial charge >= 0.3 is 0 Å². The molecule has 0 saturated heterocycles. The molecule has 7 nitrogen and oxygen atoms in total. The number of hydrogen-bond donors (Lipinski definition) is 1. The molecule has 1 fully saturated rings. The number of alkyl halides is 1. The fraction of sp³-hybridized carbons (Fsp3) is 0.500. The number of hydrogen-bond acceptors (Lipinski definition) is 4. The first-order chi connectivity index (χ1) is 11.4. The number of carbonyl (C=O) groups excluding carboxylic acids is 1. The van der Waals surface area contributed by atoms with Gasteiger partial charge in [-0.15, -0.1) is 0 Å². The van der Waals surface area contributed by atoms with E-state index in [4.69, 9.17) is 0 Å². The van der Waals surface area contributed by atoms with E-state index in [9.17, 15) is 14.4 Å². The Bertz CT molecular complexity index is 832. The second-order valence-electron chi connectivity index (χ2n) is 7.18. The minimum absolute atomic E-state index is 0.307. The molecule has 2 aliphatic rings. The normalized spacial score (nSPS) is 21.3. The summed E-state index contributed by atoms with van der Waals surface area (Å²) < 4.78 is 15.3. The highest BCUT2D eigenvalue weighted by atomic mass is 19.1. The molecule has 24 heavy (non-hydrogen) atoms. The molecule has 2 atom stereocenters. The summed E-state index contributed by atoms with van der Waals surface area (Å²) in [5, 5.41) is 18.6. The predicted molar refractivity (Wildman–Crippen MR) is 82.4 cm³/mol. The minimum Gasteiger partial charge on any atom is -0.619 e. The molecular weight excluding hydrogens is 313 g/mol. The number of amides is 1. The van der Waals surface area contributed by atoms with Crippen LogP contribution in [0.1, 0.15) is 47.9 Å². The SMILES string of the molecule is CC(C)(CF)NC(=O)c1nn(-c2c[n+]([O-])ccn2)c2c1CC1CC21. The van der Waals surface area contributed by atoms with Crippen molar-refractivity contribution in [2.24, 2.45) is 5.92 Å². The standard InChI is InChI=1S/C16H18FN5O2/c1-16(2,8-17)19-15(23)13-11-6-9-5-10(9)14(11)22(20-13)12-7-21(24)4-3-18-12/h3-4,7,9-10H,5-6,8H2,1-2H3,(H,19,23). The first-order valence-corrected chi connectivity index (χ1v) is 7.95. The lowest BCUT2D eigenvalue weighted by Crippen LogP contribution is -2.45. The lowest BCUT2D eigenvalue weighted by atomic mass is 10.1. The highest BCUT2D eigenvalue weighted by Crippen LogP contribution is 2.57. The molecule has 0 spiro atoms. The van der Waals surface area contributed by atoms with Crippen molar-refractivity contribution in [2.75, 3.05) is 6.67 Å². The van der Waals surface area contributed by atoms with Crippen LogP contribution in [0.4, 0.5) is 4.39 Å². The zero-order chi connectivity index (χ0) is 17.1. The summed E-state index contributed by atoms with van der Waals surface area (Å²) in [4.78, 5) is 16.8. The first-order valence-electron chi connectivity index (χ1n) is 7.95. The quantitative estimate of drug-likeness (QED) is 0.670. The summed E-state index contributed by atoms with van der Waals surface area (Å²) in [5.74, 6) is 0.901. The lowest BCUT2D eigenvalue weighted by Gasteiger charge is -2.21. The molecule has 8 heteroatoms. The molecule has 2 heterocycles. The van der Waals surface area contributed by atoms with Gasteiger partial charge in [-0.2, -0.15) is 9.83 Å². The lowest BCUT2D eigenvalue weighted by molar-refractivity contribution is -0.605. The Labute approximate surface area is 138 Å². The molecule has 0 aliphatic heterocycles. The number of nitrogens with one attached hydrogen (secondary N) is 1. The Kier molecular flexibility index (Phi) is 3.13. The van der Waals surface area contributed by atoms with Gasteiger partial charge in [-0.1, -0.05) is 0 Å². The Morgan fingerprint density at radius 1 is 1.58 bits per heavy atom. The van der Waals surface area contributed by atoms with Crippen molar-refractivity contribution in [1.29, 1.82) is 0 Å². The number of rotatable bonds is 4. The third kappa shape index (κ3) is 2.33. The van der Waals surface area contributed by atoms with Gasteiger partial charge in [0.15, 0.2) is 11.9 Å². The number of carbonyl (C=O) groups is 1. The molecule has 126 valence electrons. The van der Waals surface area contributed by atoms with E-state index in [-0.39, 0.29) is 5.91 Å². The third-order valence-corrected chi connectivity index (χ3v) is 4.64. The summed E-state index contributed by atoms with van der Waals surface area (Å²) in [5.41, 5.74) is 1.22. The minimum atomic E-state index is -0.946. The Balaban J connectivity index is 1.76. The van der Waals surface area contributed by atoms with E-state index in [1.54, 1.807) is 18.5 Å². The van der Waals surface area contributed by atoms with Crippen LogP contribution in [0.25, 0.3) is 5.82 Å². The molecule has 4 rings (SSSR count). The van der Waals surface area contributed by atoms with E-state index in [1.807, 2.05) is 0 Å². The van der Waals surface area contributed by atoms with Crippen molar-refractivity contribution in [1.82, 2.24) is 20.1 Å². The van der Waals surface area contributed by atoms with Crippen LogP contribution < -0.4 is 10.0 Å². The molecule has 1 amide bonds. The summed E-state index contributed by atoms with van der Waals surface area (Å²) in [6.45, 7) is 2.58. The molecule has 2 aliphatic carbocycles. The van der Waals surface area contributed by atoms with Gasteiger partial charge in [0, 0.05) is 11.5 Å². The van der Waals surface area contributed by atoms with Crippen molar-refractivity contribution >= 4 is 5.91 Å². The summed E-state index contributed by atoms with van der Waals surface area (Å²) in [6, 6.07) is 0. The molecule has 0 radical (unpaired) electrons. The van der Waals surface area contributed by atoms with Gasteiger partial charge in [0.1, 0.15) is 6.67 Å². The van der Waals surface area contributed by atoms with Gasteiger partial charge in [0.25, 0.3) is 5.91 Å². The maximum atomic E-state index is 13.0. The third-order valence-electron chi connectivity index (χ3n) is 4.64. The molecule has 2 unspecified atom stereocenters. The molecule has 2 aromatic rings. The van der Waals surface area contributed by atoms with Crippen molar-refractivity contribution in [3.63, 3.8) is 0 Å². The van der Waals surface area contributed by atoms with Crippen LogP contribution in [0.15, 0.2) is 18.6 Å². The van der Waals surface area contributed by atoms with Crippen LogP contribution in [0.3, 0.4) is 0 Å². The van der Waals surface area contributed by atoms with E-state index in [1.165, 1.54) is 18.6 Å². The van der Waals surface area contributed by atoms with E-state index in [0.29, 0.717) is 28.1 Å². The van der Waals surface area contributed by atoms with Crippen LogP contribution in [0, 0.1) is 11.1 Å². The average Bonchev–Trinajstić information content (AvgIpc) is 3.03. The van der Waals surface area contributed by atoms with Crippen LogP contribution in [0.2, 0.25) is 0 Å².